The molecule has 0 aliphatic rings. The van der Waals surface area contributed by atoms with E-state index in [0.717, 1.165) is 6.42 Å². The Kier molecular flexibility index (Phi) is 19.6. The van der Waals surface area contributed by atoms with Crippen molar-refractivity contribution in [3.63, 3.8) is 0 Å². The van der Waals surface area contributed by atoms with Crippen LogP contribution in [0.3, 0.4) is 0 Å². The first-order chi connectivity index (χ1) is 10.0. The van der Waals surface area contributed by atoms with E-state index in [2.05, 4.69) is 18.0 Å². The molecule has 0 rings (SSSR count). The van der Waals surface area contributed by atoms with Gasteiger partial charge in [-0.3, -0.25) is 4.79 Å². The summed E-state index contributed by atoms with van der Waals surface area (Å²) in [5.41, 5.74) is 9.33. The number of unbranched alkanes of at least 4 members (excludes halogenated alkanes) is 8. The van der Waals surface area contributed by atoms with Gasteiger partial charge in [0.25, 0.3) is 0 Å². The highest BCUT2D eigenvalue weighted by Crippen LogP contribution is 2.10. The van der Waals surface area contributed by atoms with Crippen molar-refractivity contribution < 1.29 is 14.7 Å². The largest absolute Gasteiger partial charge is 0.465 e. The molecule has 0 heterocycles. The Morgan fingerprint density at radius 1 is 0.952 bits per heavy atom. The normalized spacial score (nSPS) is 9.62. The van der Waals surface area contributed by atoms with Crippen molar-refractivity contribution in [3.05, 3.63) is 0 Å². The van der Waals surface area contributed by atoms with E-state index in [1.54, 1.807) is 0 Å². The average Bonchev–Trinajstić information content (AvgIpc) is 2.42. The van der Waals surface area contributed by atoms with Crippen LogP contribution < -0.4 is 16.8 Å². The van der Waals surface area contributed by atoms with Crippen LogP contribution in [-0.2, 0) is 4.79 Å². The molecule has 0 aromatic heterocycles. The molecule has 0 aromatic rings. The van der Waals surface area contributed by atoms with Gasteiger partial charge in [0.15, 0.2) is 0 Å². The van der Waals surface area contributed by atoms with E-state index in [1.165, 1.54) is 51.4 Å². The van der Waals surface area contributed by atoms with E-state index in [0.29, 0.717) is 19.5 Å². The van der Waals surface area contributed by atoms with E-state index < -0.39 is 6.09 Å². The third-order valence-electron chi connectivity index (χ3n) is 2.97. The minimum atomic E-state index is -1.33. The molecule has 6 heteroatoms. The minimum absolute atomic E-state index is 0.151. The van der Waals surface area contributed by atoms with Gasteiger partial charge >= 0.3 is 6.09 Å². The van der Waals surface area contributed by atoms with Crippen LogP contribution in [0.5, 0.6) is 0 Å². The van der Waals surface area contributed by atoms with Crippen molar-refractivity contribution in [3.8, 4) is 0 Å². The molecule has 6 N–H and O–H groups in total. The number of carbonyl (C=O) groups excluding carboxylic acids is 1. The van der Waals surface area contributed by atoms with E-state index in [4.69, 9.17) is 15.6 Å². The molecule has 2 amide bonds. The Balaban J connectivity index is 0. The predicted molar refractivity (Wildman–Crippen MR) is 86.1 cm³/mol. The summed E-state index contributed by atoms with van der Waals surface area (Å²) in [4.78, 5) is 20.0. The fourth-order valence-electron chi connectivity index (χ4n) is 1.90. The van der Waals surface area contributed by atoms with Gasteiger partial charge in [-0.15, -0.1) is 0 Å². The fraction of sp³-hybridized carbons (Fsp3) is 0.867. The zero-order valence-electron chi connectivity index (χ0n) is 13.4. The van der Waals surface area contributed by atoms with Crippen LogP contribution in [0.2, 0.25) is 0 Å². The predicted octanol–water partition coefficient (Wildman–Crippen LogP) is 2.61. The van der Waals surface area contributed by atoms with Gasteiger partial charge in [-0.25, -0.2) is 4.79 Å². The Morgan fingerprint density at radius 3 is 1.81 bits per heavy atom. The number of amides is 2. The van der Waals surface area contributed by atoms with Crippen LogP contribution in [0, 0.1) is 0 Å². The lowest BCUT2D eigenvalue weighted by Crippen LogP contribution is -2.28. The summed E-state index contributed by atoms with van der Waals surface area (Å²) in [6, 6.07) is 0. The van der Waals surface area contributed by atoms with Gasteiger partial charge in [0.05, 0.1) is 0 Å². The Hall–Kier alpha value is -1.30. The molecule has 0 saturated carbocycles. The molecular weight excluding hydrogens is 270 g/mol. The lowest BCUT2D eigenvalue weighted by atomic mass is 10.1. The number of nitrogens with two attached hydrogens (primary N) is 2. The summed E-state index contributed by atoms with van der Waals surface area (Å²) < 4.78 is 0. The molecule has 0 atom stereocenters. The second-order valence-corrected chi connectivity index (χ2v) is 5.06. The first kappa shape index (κ1) is 22.0. The number of hydrogen-bond donors (Lipinski definition) is 4. The Morgan fingerprint density at radius 2 is 1.38 bits per heavy atom. The lowest BCUT2D eigenvalue weighted by molar-refractivity contribution is -0.121. The molecule has 0 aliphatic carbocycles. The van der Waals surface area contributed by atoms with Crippen molar-refractivity contribution >= 4 is 12.0 Å². The molecule has 21 heavy (non-hydrogen) atoms. The van der Waals surface area contributed by atoms with E-state index in [-0.39, 0.29) is 5.91 Å². The summed E-state index contributed by atoms with van der Waals surface area (Å²) in [5, 5.41) is 9.99. The molecular formula is C15H33N3O3. The SMILES string of the molecule is CCCCCCCCCCCC(=O)NCCN.NC(=O)O. The van der Waals surface area contributed by atoms with Crippen molar-refractivity contribution in [1.29, 1.82) is 0 Å². The first-order valence-corrected chi connectivity index (χ1v) is 7.99. The fourth-order valence-corrected chi connectivity index (χ4v) is 1.90. The molecule has 0 fully saturated rings. The highest BCUT2D eigenvalue weighted by Gasteiger charge is 1.99. The molecule has 6 nitrogen and oxygen atoms in total. The number of rotatable bonds is 12. The van der Waals surface area contributed by atoms with Gasteiger partial charge in [0, 0.05) is 19.5 Å². The summed E-state index contributed by atoms with van der Waals surface area (Å²) in [5.74, 6) is 0.151. The number of nitrogens with one attached hydrogen (secondary N) is 1. The van der Waals surface area contributed by atoms with Crippen molar-refractivity contribution in [2.24, 2.45) is 11.5 Å². The number of primary amides is 1. The van der Waals surface area contributed by atoms with Crippen LogP contribution in [0.4, 0.5) is 4.79 Å². The third kappa shape index (κ3) is 27.8. The molecule has 0 aliphatic heterocycles. The van der Waals surface area contributed by atoms with Crippen molar-refractivity contribution in [2.45, 2.75) is 71.1 Å². The summed E-state index contributed by atoms with van der Waals surface area (Å²) in [6.07, 6.45) is 11.0. The number of hydrogen-bond acceptors (Lipinski definition) is 3. The van der Waals surface area contributed by atoms with E-state index in [9.17, 15) is 4.79 Å². The van der Waals surface area contributed by atoms with E-state index in [1.807, 2.05) is 0 Å². The summed E-state index contributed by atoms with van der Waals surface area (Å²) >= 11 is 0. The average molecular weight is 303 g/mol. The quantitative estimate of drug-likeness (QED) is 0.414. The van der Waals surface area contributed by atoms with Crippen LogP contribution in [-0.4, -0.2) is 30.2 Å². The molecule has 126 valence electrons. The van der Waals surface area contributed by atoms with Gasteiger partial charge in [0.1, 0.15) is 0 Å². The second kappa shape index (κ2) is 18.7. The van der Waals surface area contributed by atoms with Crippen LogP contribution in [0.1, 0.15) is 71.1 Å². The van der Waals surface area contributed by atoms with Crippen LogP contribution in [0.25, 0.3) is 0 Å². The first-order valence-electron chi connectivity index (χ1n) is 7.99. The smallest absolute Gasteiger partial charge is 0.402 e. The zero-order chi connectivity index (χ0) is 16.3. The molecule has 0 aromatic carbocycles. The van der Waals surface area contributed by atoms with Crippen molar-refractivity contribution in [2.75, 3.05) is 13.1 Å². The number of carboxylic acid groups (broad SMARTS) is 1. The topological polar surface area (TPSA) is 118 Å². The van der Waals surface area contributed by atoms with E-state index >= 15 is 0 Å². The van der Waals surface area contributed by atoms with Gasteiger partial charge in [0.2, 0.25) is 5.91 Å². The number of carbonyl (C=O) groups is 2. The Bertz CT molecular complexity index is 244. The van der Waals surface area contributed by atoms with Gasteiger partial charge in [-0.1, -0.05) is 58.3 Å². The maximum absolute atomic E-state index is 11.2. The molecule has 0 unspecified atom stereocenters. The highest BCUT2D eigenvalue weighted by molar-refractivity contribution is 5.75. The highest BCUT2D eigenvalue weighted by atomic mass is 16.4. The molecule has 0 radical (unpaired) electrons. The third-order valence-corrected chi connectivity index (χ3v) is 2.97. The summed E-state index contributed by atoms with van der Waals surface area (Å²) in [6.45, 7) is 3.38. The van der Waals surface area contributed by atoms with Crippen LogP contribution >= 0.6 is 0 Å². The van der Waals surface area contributed by atoms with Gasteiger partial charge < -0.3 is 21.9 Å². The molecule has 0 bridgehead atoms. The van der Waals surface area contributed by atoms with Gasteiger partial charge in [-0.05, 0) is 6.42 Å². The van der Waals surface area contributed by atoms with Crippen LogP contribution in [0.15, 0.2) is 0 Å². The lowest BCUT2D eigenvalue weighted by Gasteiger charge is -2.03. The Labute approximate surface area is 128 Å². The zero-order valence-corrected chi connectivity index (χ0v) is 13.4. The standard InChI is InChI=1S/C14H30N2O.CH3NO2/c1-2-3-4-5-6-7-8-9-10-11-14(17)16-13-12-15;2-1(3)4/h2-13,15H2,1H3,(H,16,17);2H2,(H,3,4). The summed E-state index contributed by atoms with van der Waals surface area (Å²) in [7, 11) is 0. The minimum Gasteiger partial charge on any atom is -0.465 e. The molecule has 0 saturated heterocycles. The monoisotopic (exact) mass is 303 g/mol. The maximum Gasteiger partial charge on any atom is 0.402 e. The second-order valence-electron chi connectivity index (χ2n) is 5.06. The van der Waals surface area contributed by atoms with Crippen molar-refractivity contribution in [1.82, 2.24) is 5.32 Å². The molecule has 0 spiro atoms. The maximum atomic E-state index is 11.2. The van der Waals surface area contributed by atoms with Gasteiger partial charge in [-0.2, -0.15) is 0 Å².